The van der Waals surface area contributed by atoms with Crippen LogP contribution in [0, 0.1) is 0 Å². The van der Waals surface area contributed by atoms with Gasteiger partial charge in [-0.25, -0.2) is 0 Å². The molecule has 32 heavy (non-hydrogen) atoms. The average Bonchev–Trinajstić information content (AvgIpc) is 2.94. The molecule has 0 fully saturated rings. The lowest BCUT2D eigenvalue weighted by molar-refractivity contribution is -0.137. The van der Waals surface area contributed by atoms with E-state index in [2.05, 4.69) is 0 Å². The molecule has 2 aromatic carbocycles. The average molecular weight is 468 g/mol. The number of amides is 2. The number of hydrogen-bond donors (Lipinski definition) is 0. The molecule has 3 rings (SSSR count). The van der Waals surface area contributed by atoms with Gasteiger partial charge in [0.1, 0.15) is 5.75 Å². The fourth-order valence-corrected chi connectivity index (χ4v) is 4.29. The molecule has 1 heterocycles. The highest BCUT2D eigenvalue weighted by atomic mass is 35.5. The zero-order valence-corrected chi connectivity index (χ0v) is 19.1. The summed E-state index contributed by atoms with van der Waals surface area (Å²) in [5.41, 5.74) is -1.29. The van der Waals surface area contributed by atoms with E-state index in [0.29, 0.717) is 11.3 Å². The first kappa shape index (κ1) is 24.1. The largest absolute Gasteiger partial charge is 0.490 e. The molecular weight excluding hydrogens is 443 g/mol. The molecular formula is C24H25ClF3NO3. The van der Waals surface area contributed by atoms with Crippen LogP contribution in [0.3, 0.4) is 0 Å². The van der Waals surface area contributed by atoms with E-state index in [1.807, 2.05) is 13.8 Å². The highest BCUT2D eigenvalue weighted by Gasteiger charge is 2.46. The van der Waals surface area contributed by atoms with Gasteiger partial charge in [0, 0.05) is 5.54 Å². The number of imide groups is 1. The van der Waals surface area contributed by atoms with Crippen LogP contribution in [-0.2, 0) is 12.6 Å². The van der Waals surface area contributed by atoms with Crippen LogP contribution in [0.25, 0.3) is 0 Å². The minimum absolute atomic E-state index is 0.0289. The predicted octanol–water partition coefficient (Wildman–Crippen LogP) is 6.54. The fraction of sp³-hybridized carbons (Fsp3) is 0.417. The van der Waals surface area contributed by atoms with Gasteiger partial charge in [-0.3, -0.25) is 14.5 Å². The summed E-state index contributed by atoms with van der Waals surface area (Å²) in [5.74, 6) is -0.668. The lowest BCUT2D eigenvalue weighted by Crippen LogP contribution is -2.49. The minimum atomic E-state index is -4.60. The fourth-order valence-electron chi connectivity index (χ4n) is 4.06. The summed E-state index contributed by atoms with van der Waals surface area (Å²) in [4.78, 5) is 27.6. The van der Waals surface area contributed by atoms with E-state index < -0.39 is 34.1 Å². The van der Waals surface area contributed by atoms with Crippen LogP contribution in [0.1, 0.15) is 72.4 Å². The number of rotatable bonds is 7. The summed E-state index contributed by atoms with van der Waals surface area (Å²) in [7, 11) is 0. The predicted molar refractivity (Wildman–Crippen MR) is 116 cm³/mol. The summed E-state index contributed by atoms with van der Waals surface area (Å²) in [6.07, 6.45) is -3.01. The van der Waals surface area contributed by atoms with Crippen molar-refractivity contribution in [3.63, 3.8) is 0 Å². The van der Waals surface area contributed by atoms with Gasteiger partial charge in [-0.15, -0.1) is 0 Å². The molecule has 1 aliphatic rings. The van der Waals surface area contributed by atoms with Crippen molar-refractivity contribution in [2.45, 2.75) is 64.8 Å². The molecule has 2 aromatic rings. The maximum Gasteiger partial charge on any atom is 0.417 e. The maximum absolute atomic E-state index is 13.3. The van der Waals surface area contributed by atoms with Crippen molar-refractivity contribution in [3.05, 3.63) is 63.7 Å². The molecule has 1 atom stereocenters. The third-order valence-corrected chi connectivity index (χ3v) is 5.81. The highest BCUT2D eigenvalue weighted by Crippen LogP contribution is 2.39. The number of benzene rings is 2. The molecule has 0 bridgehead atoms. The number of nitrogens with zero attached hydrogens (tertiary/aromatic N) is 1. The molecule has 1 aliphatic heterocycles. The van der Waals surface area contributed by atoms with Crippen LogP contribution in [0.5, 0.6) is 5.75 Å². The lowest BCUT2D eigenvalue weighted by Gasteiger charge is -2.34. The van der Waals surface area contributed by atoms with Crippen molar-refractivity contribution in [1.29, 1.82) is 0 Å². The standard InChI is InChI=1S/C24H25ClF3NO3/c1-5-7-14(2)32-19-9-6-8-16-20(19)22(31)29(21(16)30)23(3,4)13-15-10-11-18(25)17(12-15)24(26,27)28/h6,8-12,14H,5,7,13H2,1-4H3. The van der Waals surface area contributed by atoms with Gasteiger partial charge in [0.25, 0.3) is 11.8 Å². The summed E-state index contributed by atoms with van der Waals surface area (Å²) >= 11 is 5.72. The molecule has 0 saturated heterocycles. The monoisotopic (exact) mass is 467 g/mol. The Bertz CT molecular complexity index is 1050. The van der Waals surface area contributed by atoms with Gasteiger partial charge in [-0.1, -0.05) is 37.1 Å². The Hall–Kier alpha value is -2.54. The SMILES string of the molecule is CCCC(C)Oc1cccc2c1C(=O)N(C(C)(C)Cc1ccc(Cl)c(C(F)(F)F)c1)C2=O. The van der Waals surface area contributed by atoms with E-state index in [-0.39, 0.29) is 23.7 Å². The zero-order valence-electron chi connectivity index (χ0n) is 18.3. The summed E-state index contributed by atoms with van der Waals surface area (Å²) in [6.45, 7) is 7.22. The molecule has 1 unspecified atom stereocenters. The van der Waals surface area contributed by atoms with Crippen molar-refractivity contribution in [1.82, 2.24) is 4.90 Å². The van der Waals surface area contributed by atoms with Crippen molar-refractivity contribution in [2.75, 3.05) is 0 Å². The number of hydrogen-bond acceptors (Lipinski definition) is 3. The Morgan fingerprint density at radius 2 is 1.78 bits per heavy atom. The molecule has 0 radical (unpaired) electrons. The van der Waals surface area contributed by atoms with Gasteiger partial charge in [-0.05, 0) is 63.4 Å². The first-order valence-corrected chi connectivity index (χ1v) is 10.8. The van der Waals surface area contributed by atoms with Gasteiger partial charge >= 0.3 is 6.18 Å². The Kier molecular flexibility index (Phi) is 6.61. The van der Waals surface area contributed by atoms with E-state index in [0.717, 1.165) is 23.8 Å². The highest BCUT2D eigenvalue weighted by molar-refractivity contribution is 6.31. The Morgan fingerprint density at radius 3 is 2.41 bits per heavy atom. The number of carbonyl (C=O) groups excluding carboxylic acids is 2. The van der Waals surface area contributed by atoms with E-state index in [1.165, 1.54) is 12.1 Å². The first-order chi connectivity index (χ1) is 14.9. The van der Waals surface area contributed by atoms with Crippen LogP contribution >= 0.6 is 11.6 Å². The molecule has 172 valence electrons. The van der Waals surface area contributed by atoms with Crippen LogP contribution < -0.4 is 4.74 Å². The second-order valence-corrected chi connectivity index (χ2v) is 9.05. The number of fused-ring (bicyclic) bond motifs is 1. The third-order valence-electron chi connectivity index (χ3n) is 5.48. The number of carbonyl (C=O) groups is 2. The van der Waals surface area contributed by atoms with Crippen molar-refractivity contribution >= 4 is 23.4 Å². The topological polar surface area (TPSA) is 46.6 Å². The van der Waals surface area contributed by atoms with E-state index in [4.69, 9.17) is 16.3 Å². The summed E-state index contributed by atoms with van der Waals surface area (Å²) < 4.78 is 45.7. The van der Waals surface area contributed by atoms with Crippen LogP contribution in [0.2, 0.25) is 5.02 Å². The normalized spacial score (nSPS) is 15.2. The summed E-state index contributed by atoms with van der Waals surface area (Å²) in [6, 6.07) is 8.48. The summed E-state index contributed by atoms with van der Waals surface area (Å²) in [5, 5.41) is -0.400. The van der Waals surface area contributed by atoms with E-state index >= 15 is 0 Å². The molecule has 0 saturated carbocycles. The number of ether oxygens (including phenoxy) is 1. The van der Waals surface area contributed by atoms with Gasteiger partial charge in [0.2, 0.25) is 0 Å². The quantitative estimate of drug-likeness (QED) is 0.434. The minimum Gasteiger partial charge on any atom is -0.490 e. The van der Waals surface area contributed by atoms with Crippen molar-refractivity contribution < 1.29 is 27.5 Å². The van der Waals surface area contributed by atoms with Gasteiger partial charge < -0.3 is 4.74 Å². The van der Waals surface area contributed by atoms with E-state index in [1.54, 1.807) is 32.0 Å². The van der Waals surface area contributed by atoms with E-state index in [9.17, 15) is 22.8 Å². The Balaban J connectivity index is 1.92. The van der Waals surface area contributed by atoms with Crippen molar-refractivity contribution in [2.24, 2.45) is 0 Å². The zero-order chi connectivity index (χ0) is 23.8. The first-order valence-electron chi connectivity index (χ1n) is 10.4. The van der Waals surface area contributed by atoms with Crippen LogP contribution in [0.15, 0.2) is 36.4 Å². The molecule has 2 amide bonds. The van der Waals surface area contributed by atoms with Gasteiger partial charge in [-0.2, -0.15) is 13.2 Å². The third kappa shape index (κ3) is 4.63. The second kappa shape index (κ2) is 8.77. The number of halogens is 4. The molecule has 0 N–H and O–H groups in total. The van der Waals surface area contributed by atoms with Gasteiger partial charge in [0.15, 0.2) is 0 Å². The molecule has 0 aromatic heterocycles. The Morgan fingerprint density at radius 1 is 1.09 bits per heavy atom. The molecule has 4 nitrogen and oxygen atoms in total. The Labute approximate surface area is 190 Å². The molecule has 0 aliphatic carbocycles. The number of alkyl halides is 3. The van der Waals surface area contributed by atoms with Gasteiger partial charge in [0.05, 0.1) is 27.8 Å². The molecule has 0 spiro atoms. The van der Waals surface area contributed by atoms with Crippen LogP contribution in [-0.4, -0.2) is 28.4 Å². The second-order valence-electron chi connectivity index (χ2n) is 8.64. The smallest absolute Gasteiger partial charge is 0.417 e. The van der Waals surface area contributed by atoms with Crippen LogP contribution in [0.4, 0.5) is 13.2 Å². The maximum atomic E-state index is 13.3. The molecule has 8 heteroatoms. The van der Waals surface area contributed by atoms with Crippen molar-refractivity contribution in [3.8, 4) is 5.75 Å². The lowest BCUT2D eigenvalue weighted by atomic mass is 9.92.